The zero-order chi connectivity index (χ0) is 18.5. The molecule has 1 amide bonds. The van der Waals surface area contributed by atoms with Crippen LogP contribution in [-0.4, -0.2) is 27.2 Å². The molecule has 0 unspecified atom stereocenters. The van der Waals surface area contributed by atoms with Gasteiger partial charge in [0.15, 0.2) is 6.54 Å². The first-order chi connectivity index (χ1) is 12.5. The number of hydrogen-bond donors (Lipinski definition) is 2. The Kier molecular flexibility index (Phi) is 5.88. The zero-order valence-electron chi connectivity index (χ0n) is 14.1. The zero-order valence-corrected chi connectivity index (χ0v) is 15.6. The number of quaternary nitrogens is 1. The minimum absolute atomic E-state index is 0.130. The first-order valence-corrected chi connectivity index (χ1v) is 8.81. The summed E-state index contributed by atoms with van der Waals surface area (Å²) in [6.07, 6.45) is 3.00. The topological polar surface area (TPSA) is 76.4 Å². The van der Waals surface area contributed by atoms with Crippen LogP contribution in [0.25, 0.3) is 5.69 Å². The van der Waals surface area contributed by atoms with Crippen molar-refractivity contribution in [3.8, 4) is 5.69 Å². The van der Waals surface area contributed by atoms with Gasteiger partial charge < -0.3 is 10.6 Å². The molecular formula is C18H18Cl2N5O+. The van der Waals surface area contributed by atoms with Crippen molar-refractivity contribution in [3.05, 3.63) is 70.7 Å². The fraction of sp³-hybridized carbons (Fsp3) is 0.167. The lowest BCUT2D eigenvalue weighted by molar-refractivity contribution is -0.682. The van der Waals surface area contributed by atoms with Gasteiger partial charge in [0.05, 0.1) is 11.4 Å². The van der Waals surface area contributed by atoms with E-state index in [0.29, 0.717) is 21.4 Å². The average molecular weight is 391 g/mol. The molecule has 3 N–H and O–H groups in total. The van der Waals surface area contributed by atoms with Gasteiger partial charge in [-0.1, -0.05) is 35.3 Å². The highest BCUT2D eigenvalue weighted by Gasteiger charge is 2.14. The number of nitrogens with two attached hydrogens (primary N) is 1. The summed E-state index contributed by atoms with van der Waals surface area (Å²) >= 11 is 12.0. The molecular weight excluding hydrogens is 373 g/mol. The smallest absolute Gasteiger partial charge is 0.279 e. The normalized spacial score (nSPS) is 12.0. The molecule has 8 heteroatoms. The fourth-order valence-corrected chi connectivity index (χ4v) is 2.83. The Bertz CT molecular complexity index is 881. The Balaban J connectivity index is 1.65. The summed E-state index contributed by atoms with van der Waals surface area (Å²) in [4.78, 5) is 16.3. The molecule has 26 heavy (non-hydrogen) atoms. The number of amides is 1. The average Bonchev–Trinajstić information content (AvgIpc) is 3.15. The molecule has 3 aromatic rings. The minimum Gasteiger partial charge on any atom is -0.333 e. The van der Waals surface area contributed by atoms with E-state index >= 15 is 0 Å². The number of halogens is 2. The van der Waals surface area contributed by atoms with Crippen LogP contribution in [0.4, 0.5) is 5.69 Å². The van der Waals surface area contributed by atoms with Crippen LogP contribution in [0.5, 0.6) is 0 Å². The lowest BCUT2D eigenvalue weighted by Gasteiger charge is -2.13. The Hall–Kier alpha value is -2.41. The van der Waals surface area contributed by atoms with Crippen LogP contribution in [0.1, 0.15) is 18.5 Å². The van der Waals surface area contributed by atoms with E-state index in [0.717, 1.165) is 5.56 Å². The van der Waals surface area contributed by atoms with E-state index in [1.807, 2.05) is 36.5 Å². The van der Waals surface area contributed by atoms with E-state index in [9.17, 15) is 4.79 Å². The molecule has 3 rings (SSSR count). The third-order valence-electron chi connectivity index (χ3n) is 3.95. The predicted octanol–water partition coefficient (Wildman–Crippen LogP) is 2.84. The summed E-state index contributed by atoms with van der Waals surface area (Å²) in [6, 6.07) is 13.0. The van der Waals surface area contributed by atoms with Gasteiger partial charge in [-0.05, 0) is 37.3 Å². The standard InChI is InChI=1S/C18H17Cl2N5O/c1-12(13-2-4-14(19)5-3-13)22-9-18(26)24-16-8-15(20)6-7-17(16)25-11-21-10-23-25/h2-8,10-12,22H,9H2,1H3,(H,24,26)/p+1/t12-/m0/s1. The second-order valence-electron chi connectivity index (χ2n) is 5.83. The molecule has 0 saturated heterocycles. The molecule has 0 radical (unpaired) electrons. The van der Waals surface area contributed by atoms with Gasteiger partial charge >= 0.3 is 0 Å². The number of anilines is 1. The molecule has 0 aliphatic heterocycles. The van der Waals surface area contributed by atoms with Gasteiger partial charge in [-0.3, -0.25) is 4.79 Å². The number of hydrogen-bond acceptors (Lipinski definition) is 3. The van der Waals surface area contributed by atoms with Crippen molar-refractivity contribution in [2.24, 2.45) is 0 Å². The van der Waals surface area contributed by atoms with Crippen molar-refractivity contribution in [1.29, 1.82) is 0 Å². The first-order valence-electron chi connectivity index (χ1n) is 8.06. The molecule has 134 valence electrons. The van der Waals surface area contributed by atoms with E-state index < -0.39 is 0 Å². The maximum absolute atomic E-state index is 12.4. The molecule has 0 saturated carbocycles. The van der Waals surface area contributed by atoms with Crippen LogP contribution < -0.4 is 10.6 Å². The molecule has 1 heterocycles. The van der Waals surface area contributed by atoms with Crippen molar-refractivity contribution in [2.75, 3.05) is 11.9 Å². The molecule has 0 fully saturated rings. The SMILES string of the molecule is C[C@H]([NH2+]CC(=O)Nc1cc(Cl)ccc1-n1cncn1)c1ccc(Cl)cc1. The van der Waals surface area contributed by atoms with Crippen LogP contribution >= 0.6 is 23.2 Å². The first kappa shape index (κ1) is 18.4. The fourth-order valence-electron chi connectivity index (χ4n) is 2.53. The Morgan fingerprint density at radius 1 is 1.19 bits per heavy atom. The molecule has 0 aliphatic rings. The number of nitrogens with zero attached hydrogens (tertiary/aromatic N) is 3. The largest absolute Gasteiger partial charge is 0.333 e. The van der Waals surface area contributed by atoms with Crippen molar-refractivity contribution in [2.45, 2.75) is 13.0 Å². The molecule has 2 aromatic carbocycles. The second kappa shape index (κ2) is 8.31. The lowest BCUT2D eigenvalue weighted by Crippen LogP contribution is -2.86. The minimum atomic E-state index is -0.130. The molecule has 0 aliphatic carbocycles. The third-order valence-corrected chi connectivity index (χ3v) is 4.44. The van der Waals surface area contributed by atoms with E-state index in [-0.39, 0.29) is 18.5 Å². The van der Waals surface area contributed by atoms with Crippen molar-refractivity contribution in [3.63, 3.8) is 0 Å². The third kappa shape index (κ3) is 4.60. The number of carbonyl (C=O) groups is 1. The van der Waals surface area contributed by atoms with E-state index in [4.69, 9.17) is 23.2 Å². The van der Waals surface area contributed by atoms with Crippen molar-refractivity contribution < 1.29 is 10.1 Å². The Morgan fingerprint density at radius 2 is 1.92 bits per heavy atom. The van der Waals surface area contributed by atoms with Gasteiger partial charge in [-0.2, -0.15) is 5.10 Å². The predicted molar refractivity (Wildman–Crippen MR) is 102 cm³/mol. The summed E-state index contributed by atoms with van der Waals surface area (Å²) in [5.41, 5.74) is 2.39. The monoisotopic (exact) mass is 390 g/mol. The van der Waals surface area contributed by atoms with Crippen molar-refractivity contribution in [1.82, 2.24) is 14.8 Å². The van der Waals surface area contributed by atoms with E-state index in [2.05, 4.69) is 15.4 Å². The van der Waals surface area contributed by atoms with Gasteiger partial charge in [0, 0.05) is 15.6 Å². The quantitative estimate of drug-likeness (QED) is 0.679. The molecule has 0 spiro atoms. The molecule has 0 bridgehead atoms. The molecule has 6 nitrogen and oxygen atoms in total. The summed E-state index contributed by atoms with van der Waals surface area (Å²) in [6.45, 7) is 2.31. The van der Waals surface area contributed by atoms with E-state index in [1.54, 1.807) is 29.2 Å². The number of carbonyl (C=O) groups excluding carboxylic acids is 1. The van der Waals surface area contributed by atoms with E-state index in [1.165, 1.54) is 6.33 Å². The number of rotatable bonds is 6. The van der Waals surface area contributed by atoms with Crippen LogP contribution in [0.15, 0.2) is 55.1 Å². The lowest BCUT2D eigenvalue weighted by atomic mass is 10.1. The van der Waals surface area contributed by atoms with Crippen LogP contribution in [-0.2, 0) is 4.79 Å². The van der Waals surface area contributed by atoms with Gasteiger partial charge in [0.25, 0.3) is 5.91 Å². The van der Waals surface area contributed by atoms with Crippen LogP contribution in [0.3, 0.4) is 0 Å². The Labute approximate surface area is 161 Å². The summed E-state index contributed by atoms with van der Waals surface area (Å²) in [7, 11) is 0. The second-order valence-corrected chi connectivity index (χ2v) is 6.70. The number of nitrogens with one attached hydrogen (secondary N) is 1. The highest BCUT2D eigenvalue weighted by atomic mass is 35.5. The van der Waals surface area contributed by atoms with Gasteiger partial charge in [0.2, 0.25) is 0 Å². The summed E-state index contributed by atoms with van der Waals surface area (Å²) in [5.74, 6) is -0.130. The summed E-state index contributed by atoms with van der Waals surface area (Å²) in [5, 5.41) is 10.2. The number of benzene rings is 2. The number of aromatic nitrogens is 3. The molecule has 1 aromatic heterocycles. The van der Waals surface area contributed by atoms with Gasteiger partial charge in [-0.15, -0.1) is 0 Å². The van der Waals surface area contributed by atoms with Gasteiger partial charge in [0.1, 0.15) is 18.7 Å². The molecule has 1 atom stereocenters. The van der Waals surface area contributed by atoms with Gasteiger partial charge in [-0.25, -0.2) is 9.67 Å². The highest BCUT2D eigenvalue weighted by Crippen LogP contribution is 2.23. The Morgan fingerprint density at radius 3 is 2.62 bits per heavy atom. The van der Waals surface area contributed by atoms with Crippen LogP contribution in [0.2, 0.25) is 10.0 Å². The maximum Gasteiger partial charge on any atom is 0.279 e. The summed E-state index contributed by atoms with van der Waals surface area (Å²) < 4.78 is 1.58. The maximum atomic E-state index is 12.4. The van der Waals surface area contributed by atoms with Crippen molar-refractivity contribution >= 4 is 34.8 Å². The highest BCUT2D eigenvalue weighted by molar-refractivity contribution is 6.31. The van der Waals surface area contributed by atoms with Crippen LogP contribution in [0, 0.1) is 0 Å².